The van der Waals surface area contributed by atoms with Crippen molar-refractivity contribution in [3.8, 4) is 5.75 Å². The molecule has 0 aliphatic heterocycles. The van der Waals surface area contributed by atoms with Crippen LogP contribution in [0, 0.1) is 0 Å². The SMILES string of the molecule is Oc1ccc2[nH]c(CCBr)cc2c1. The summed E-state index contributed by atoms with van der Waals surface area (Å²) in [4.78, 5) is 3.28. The fourth-order valence-electron chi connectivity index (χ4n) is 1.42. The molecule has 2 aromatic rings. The molecule has 0 aliphatic rings. The molecule has 0 fully saturated rings. The Morgan fingerprint density at radius 2 is 2.15 bits per heavy atom. The Labute approximate surface area is 84.7 Å². The molecule has 68 valence electrons. The molecule has 2 nitrogen and oxygen atoms in total. The molecule has 0 amide bonds. The van der Waals surface area contributed by atoms with Crippen molar-refractivity contribution in [2.45, 2.75) is 6.42 Å². The summed E-state index contributed by atoms with van der Waals surface area (Å²) >= 11 is 3.39. The number of alkyl halides is 1. The Balaban J connectivity index is 2.49. The first-order valence-corrected chi connectivity index (χ1v) is 5.28. The summed E-state index contributed by atoms with van der Waals surface area (Å²) < 4.78 is 0. The number of rotatable bonds is 2. The second kappa shape index (κ2) is 3.42. The fraction of sp³-hybridized carbons (Fsp3) is 0.200. The molecule has 0 atom stereocenters. The van der Waals surface area contributed by atoms with Crippen molar-refractivity contribution >= 4 is 26.8 Å². The molecular weight excluding hydrogens is 230 g/mol. The van der Waals surface area contributed by atoms with Crippen LogP contribution in [0.1, 0.15) is 5.69 Å². The van der Waals surface area contributed by atoms with Gasteiger partial charge in [-0.1, -0.05) is 15.9 Å². The lowest BCUT2D eigenvalue weighted by molar-refractivity contribution is 0.476. The van der Waals surface area contributed by atoms with Gasteiger partial charge in [-0.2, -0.15) is 0 Å². The van der Waals surface area contributed by atoms with Crippen LogP contribution in [-0.4, -0.2) is 15.4 Å². The molecule has 13 heavy (non-hydrogen) atoms. The molecule has 0 spiro atoms. The summed E-state index contributed by atoms with van der Waals surface area (Å²) in [6.07, 6.45) is 0.982. The van der Waals surface area contributed by atoms with E-state index in [1.807, 2.05) is 6.07 Å². The topological polar surface area (TPSA) is 36.0 Å². The number of aryl methyl sites for hydroxylation is 1. The monoisotopic (exact) mass is 239 g/mol. The van der Waals surface area contributed by atoms with Crippen molar-refractivity contribution in [1.82, 2.24) is 4.98 Å². The first-order chi connectivity index (χ1) is 6.29. The summed E-state index contributed by atoms with van der Waals surface area (Å²) in [5, 5.41) is 11.3. The zero-order chi connectivity index (χ0) is 9.26. The van der Waals surface area contributed by atoms with Crippen molar-refractivity contribution in [3.63, 3.8) is 0 Å². The second-order valence-corrected chi connectivity index (χ2v) is 3.80. The van der Waals surface area contributed by atoms with Gasteiger partial charge in [-0.15, -0.1) is 0 Å². The maximum Gasteiger partial charge on any atom is 0.116 e. The number of aromatic nitrogens is 1. The molecular formula is C10H10BrNO. The largest absolute Gasteiger partial charge is 0.508 e. The number of aromatic hydroxyl groups is 1. The molecule has 1 heterocycles. The predicted molar refractivity (Wildman–Crippen MR) is 57.5 cm³/mol. The molecule has 0 unspecified atom stereocenters. The van der Waals surface area contributed by atoms with E-state index in [-0.39, 0.29) is 0 Å². The molecule has 0 saturated carbocycles. The number of hydrogen-bond donors (Lipinski definition) is 2. The van der Waals surface area contributed by atoms with Crippen molar-refractivity contribution in [3.05, 3.63) is 30.0 Å². The van der Waals surface area contributed by atoms with Crippen molar-refractivity contribution < 1.29 is 5.11 Å². The second-order valence-electron chi connectivity index (χ2n) is 3.01. The van der Waals surface area contributed by atoms with Crippen LogP contribution in [-0.2, 0) is 6.42 Å². The Morgan fingerprint density at radius 3 is 2.92 bits per heavy atom. The van der Waals surface area contributed by atoms with Gasteiger partial charge in [0.2, 0.25) is 0 Å². The van der Waals surface area contributed by atoms with Gasteiger partial charge >= 0.3 is 0 Å². The Kier molecular flexibility index (Phi) is 2.27. The average molecular weight is 240 g/mol. The van der Waals surface area contributed by atoms with E-state index in [2.05, 4.69) is 27.0 Å². The lowest BCUT2D eigenvalue weighted by atomic mass is 10.2. The highest BCUT2D eigenvalue weighted by molar-refractivity contribution is 9.09. The fourth-order valence-corrected chi connectivity index (χ4v) is 1.84. The van der Waals surface area contributed by atoms with Crippen LogP contribution < -0.4 is 0 Å². The van der Waals surface area contributed by atoms with Crippen LogP contribution in [0.3, 0.4) is 0 Å². The van der Waals surface area contributed by atoms with Gasteiger partial charge in [0.05, 0.1) is 0 Å². The van der Waals surface area contributed by atoms with Crippen molar-refractivity contribution in [1.29, 1.82) is 0 Å². The summed E-state index contributed by atoms with van der Waals surface area (Å²) in [6.45, 7) is 0. The first kappa shape index (κ1) is 8.63. The molecule has 0 radical (unpaired) electrons. The molecule has 2 rings (SSSR count). The van der Waals surface area contributed by atoms with Crippen LogP contribution in [0.5, 0.6) is 5.75 Å². The van der Waals surface area contributed by atoms with E-state index in [0.29, 0.717) is 5.75 Å². The van der Waals surface area contributed by atoms with Crippen LogP contribution in [0.4, 0.5) is 0 Å². The third kappa shape index (κ3) is 1.70. The lowest BCUT2D eigenvalue weighted by Gasteiger charge is -1.90. The number of phenols is 1. The quantitative estimate of drug-likeness (QED) is 0.778. The van der Waals surface area contributed by atoms with Crippen LogP contribution in [0.15, 0.2) is 24.3 Å². The number of benzene rings is 1. The van der Waals surface area contributed by atoms with Gasteiger partial charge in [-0.3, -0.25) is 0 Å². The molecule has 0 bridgehead atoms. The van der Waals surface area contributed by atoms with Gasteiger partial charge < -0.3 is 10.1 Å². The molecule has 3 heteroatoms. The predicted octanol–water partition coefficient (Wildman–Crippen LogP) is 2.81. The highest BCUT2D eigenvalue weighted by Gasteiger charge is 2.00. The van der Waals surface area contributed by atoms with Gasteiger partial charge in [0.1, 0.15) is 5.75 Å². The minimum atomic E-state index is 0.317. The summed E-state index contributed by atoms with van der Waals surface area (Å²) in [5.74, 6) is 0.317. The van der Waals surface area contributed by atoms with Crippen LogP contribution >= 0.6 is 15.9 Å². The van der Waals surface area contributed by atoms with Gasteiger partial charge in [-0.05, 0) is 30.7 Å². The Hall–Kier alpha value is -0.960. The smallest absolute Gasteiger partial charge is 0.116 e. The normalized spacial score (nSPS) is 10.8. The van der Waals surface area contributed by atoms with Gasteiger partial charge in [0, 0.05) is 21.9 Å². The number of phenolic OH excluding ortho intramolecular Hbond substituents is 1. The third-order valence-corrected chi connectivity index (χ3v) is 2.42. The van der Waals surface area contributed by atoms with Gasteiger partial charge in [-0.25, -0.2) is 0 Å². The molecule has 1 aromatic heterocycles. The molecule has 0 saturated heterocycles. The average Bonchev–Trinajstić information content (AvgIpc) is 2.46. The highest BCUT2D eigenvalue weighted by atomic mass is 79.9. The van der Waals surface area contributed by atoms with Gasteiger partial charge in [0.15, 0.2) is 0 Å². The highest BCUT2D eigenvalue weighted by Crippen LogP contribution is 2.20. The number of nitrogens with one attached hydrogen (secondary N) is 1. The number of aromatic amines is 1. The van der Waals surface area contributed by atoms with E-state index < -0.39 is 0 Å². The van der Waals surface area contributed by atoms with E-state index in [1.54, 1.807) is 12.1 Å². The maximum absolute atomic E-state index is 9.25. The number of hydrogen-bond acceptors (Lipinski definition) is 1. The number of fused-ring (bicyclic) bond motifs is 1. The Morgan fingerprint density at radius 1 is 1.31 bits per heavy atom. The lowest BCUT2D eigenvalue weighted by Crippen LogP contribution is -1.83. The molecule has 1 aromatic carbocycles. The van der Waals surface area contributed by atoms with Crippen molar-refractivity contribution in [2.24, 2.45) is 0 Å². The van der Waals surface area contributed by atoms with Gasteiger partial charge in [0.25, 0.3) is 0 Å². The first-order valence-electron chi connectivity index (χ1n) is 4.16. The Bertz CT molecular complexity index is 422. The number of halogens is 1. The summed E-state index contributed by atoms with van der Waals surface area (Å²) in [5.41, 5.74) is 2.27. The van der Waals surface area contributed by atoms with Crippen LogP contribution in [0.25, 0.3) is 10.9 Å². The zero-order valence-corrected chi connectivity index (χ0v) is 8.63. The van der Waals surface area contributed by atoms with Crippen molar-refractivity contribution in [2.75, 3.05) is 5.33 Å². The zero-order valence-electron chi connectivity index (χ0n) is 7.05. The maximum atomic E-state index is 9.25. The standard InChI is InChI=1S/C10H10BrNO/c11-4-3-8-5-7-6-9(13)1-2-10(7)12-8/h1-2,5-6,12-13H,3-4H2. The van der Waals surface area contributed by atoms with E-state index in [0.717, 1.165) is 22.7 Å². The van der Waals surface area contributed by atoms with E-state index in [4.69, 9.17) is 0 Å². The minimum absolute atomic E-state index is 0.317. The van der Waals surface area contributed by atoms with E-state index in [9.17, 15) is 5.11 Å². The summed E-state index contributed by atoms with van der Waals surface area (Å²) in [6, 6.07) is 7.42. The van der Waals surface area contributed by atoms with Crippen LogP contribution in [0.2, 0.25) is 0 Å². The van der Waals surface area contributed by atoms with E-state index >= 15 is 0 Å². The number of H-pyrrole nitrogens is 1. The minimum Gasteiger partial charge on any atom is -0.508 e. The third-order valence-electron chi connectivity index (χ3n) is 2.02. The molecule has 2 N–H and O–H groups in total. The molecule has 0 aliphatic carbocycles. The van der Waals surface area contributed by atoms with E-state index in [1.165, 1.54) is 5.69 Å². The summed E-state index contributed by atoms with van der Waals surface area (Å²) in [7, 11) is 0.